The van der Waals surface area contributed by atoms with Gasteiger partial charge in [-0.1, -0.05) is 11.2 Å². The van der Waals surface area contributed by atoms with E-state index in [1.807, 2.05) is 12.1 Å². The molecule has 1 saturated carbocycles. The number of rotatable bonds is 5. The third-order valence-electron chi connectivity index (χ3n) is 4.18. The summed E-state index contributed by atoms with van der Waals surface area (Å²) in [6.45, 7) is 0.303. The second-order valence-electron chi connectivity index (χ2n) is 6.12. The normalized spacial score (nSPS) is 13.6. The molecule has 0 bridgehead atoms. The van der Waals surface area contributed by atoms with Crippen LogP contribution in [0.5, 0.6) is 0 Å². The van der Waals surface area contributed by atoms with Gasteiger partial charge in [0.1, 0.15) is 5.82 Å². The summed E-state index contributed by atoms with van der Waals surface area (Å²) in [4.78, 5) is 18.6. The highest BCUT2D eigenvalue weighted by Gasteiger charge is 2.30. The number of carbonyl (C=O) groups excluding carboxylic acids is 1. The standard InChI is InChI=1S/C19H16FN3O2/c20-15-5-7-16(8-6-15)23(12-13-2-1-9-21-11-13)19(24)18-10-17(22-25-18)14-3-4-14/h1-2,5-11,14H,3-4,12H2. The van der Waals surface area contributed by atoms with Crippen LogP contribution in [-0.4, -0.2) is 16.0 Å². The summed E-state index contributed by atoms with van der Waals surface area (Å²) < 4.78 is 18.5. The van der Waals surface area contributed by atoms with E-state index in [1.54, 1.807) is 30.6 Å². The van der Waals surface area contributed by atoms with Crippen LogP contribution in [0.1, 0.15) is 40.6 Å². The van der Waals surface area contributed by atoms with E-state index in [2.05, 4.69) is 10.1 Å². The van der Waals surface area contributed by atoms with Gasteiger partial charge in [0.05, 0.1) is 12.2 Å². The zero-order valence-corrected chi connectivity index (χ0v) is 13.4. The molecule has 0 unspecified atom stereocenters. The molecule has 126 valence electrons. The second kappa shape index (κ2) is 6.47. The van der Waals surface area contributed by atoms with Crippen LogP contribution in [0.15, 0.2) is 59.4 Å². The Labute approximate surface area is 144 Å². The molecule has 0 saturated heterocycles. The summed E-state index contributed by atoms with van der Waals surface area (Å²) in [6.07, 6.45) is 5.53. The fraction of sp³-hybridized carbons (Fsp3) is 0.211. The topological polar surface area (TPSA) is 59.2 Å². The average Bonchev–Trinajstić information content (AvgIpc) is 3.38. The van der Waals surface area contributed by atoms with Crippen molar-refractivity contribution in [2.75, 3.05) is 4.90 Å². The Balaban J connectivity index is 1.65. The van der Waals surface area contributed by atoms with Gasteiger partial charge in [0.25, 0.3) is 5.91 Å². The number of hydrogen-bond acceptors (Lipinski definition) is 4. The molecule has 3 aromatic rings. The first kappa shape index (κ1) is 15.5. The summed E-state index contributed by atoms with van der Waals surface area (Å²) in [5.74, 6) is -0.0684. The van der Waals surface area contributed by atoms with Crippen LogP contribution >= 0.6 is 0 Å². The third-order valence-corrected chi connectivity index (χ3v) is 4.18. The number of benzene rings is 1. The van der Waals surface area contributed by atoms with Crippen molar-refractivity contribution in [1.29, 1.82) is 0 Å². The minimum absolute atomic E-state index is 0.190. The highest BCUT2D eigenvalue weighted by molar-refractivity contribution is 6.04. The van der Waals surface area contributed by atoms with Gasteiger partial charge in [-0.2, -0.15) is 0 Å². The summed E-state index contributed by atoms with van der Waals surface area (Å²) in [6, 6.07) is 11.2. The van der Waals surface area contributed by atoms with Crippen molar-refractivity contribution >= 4 is 11.6 Å². The first-order valence-electron chi connectivity index (χ1n) is 8.13. The monoisotopic (exact) mass is 337 g/mol. The maximum absolute atomic E-state index is 13.3. The molecular weight excluding hydrogens is 321 g/mol. The number of carbonyl (C=O) groups is 1. The van der Waals surface area contributed by atoms with Crippen molar-refractivity contribution in [2.24, 2.45) is 0 Å². The zero-order valence-electron chi connectivity index (χ0n) is 13.4. The van der Waals surface area contributed by atoms with E-state index < -0.39 is 0 Å². The quantitative estimate of drug-likeness (QED) is 0.708. The van der Waals surface area contributed by atoms with Gasteiger partial charge in [0, 0.05) is 30.1 Å². The molecule has 0 N–H and O–H groups in total. The Morgan fingerprint density at radius 2 is 2.04 bits per heavy atom. The molecule has 4 rings (SSSR count). The Bertz CT molecular complexity index is 873. The van der Waals surface area contributed by atoms with Crippen molar-refractivity contribution in [3.05, 3.63) is 77.7 Å². The van der Waals surface area contributed by atoms with E-state index in [1.165, 1.54) is 17.0 Å². The maximum atomic E-state index is 13.3. The summed E-state index contributed by atoms with van der Waals surface area (Å²) in [5.41, 5.74) is 2.27. The van der Waals surface area contributed by atoms with Gasteiger partial charge in [0.15, 0.2) is 0 Å². The number of nitrogens with zero attached hydrogens (tertiary/aromatic N) is 3. The largest absolute Gasteiger partial charge is 0.351 e. The summed E-state index contributed by atoms with van der Waals surface area (Å²) in [7, 11) is 0. The van der Waals surface area contributed by atoms with Crippen LogP contribution in [0, 0.1) is 5.82 Å². The SMILES string of the molecule is O=C(c1cc(C2CC2)no1)N(Cc1cccnc1)c1ccc(F)cc1. The minimum atomic E-state index is -0.354. The van der Waals surface area contributed by atoms with Gasteiger partial charge >= 0.3 is 0 Å². The van der Waals surface area contributed by atoms with E-state index in [-0.39, 0.29) is 17.5 Å². The second-order valence-corrected chi connectivity index (χ2v) is 6.12. The molecule has 1 aromatic carbocycles. The molecule has 1 aliphatic carbocycles. The van der Waals surface area contributed by atoms with Crippen LogP contribution in [0.3, 0.4) is 0 Å². The first-order valence-corrected chi connectivity index (χ1v) is 8.13. The molecule has 6 heteroatoms. The van der Waals surface area contributed by atoms with Crippen LogP contribution in [0.25, 0.3) is 0 Å². The van der Waals surface area contributed by atoms with E-state index >= 15 is 0 Å². The zero-order chi connectivity index (χ0) is 17.2. The Morgan fingerprint density at radius 1 is 1.24 bits per heavy atom. The minimum Gasteiger partial charge on any atom is -0.351 e. The summed E-state index contributed by atoms with van der Waals surface area (Å²) >= 11 is 0. The van der Waals surface area contributed by atoms with Crippen molar-refractivity contribution in [2.45, 2.75) is 25.3 Å². The van der Waals surface area contributed by atoms with Crippen molar-refractivity contribution in [1.82, 2.24) is 10.1 Å². The highest BCUT2D eigenvalue weighted by Crippen LogP contribution is 2.39. The van der Waals surface area contributed by atoms with Crippen LogP contribution in [0.4, 0.5) is 10.1 Å². The van der Waals surface area contributed by atoms with E-state index in [0.717, 1.165) is 24.1 Å². The number of halogens is 1. The molecule has 5 nitrogen and oxygen atoms in total. The van der Waals surface area contributed by atoms with Crippen molar-refractivity contribution in [3.8, 4) is 0 Å². The molecular formula is C19H16FN3O2. The number of anilines is 1. The predicted octanol–water partition coefficient (Wildman–Crippen LogP) is 3.93. The summed E-state index contributed by atoms with van der Waals surface area (Å²) in [5, 5.41) is 4.00. The molecule has 1 fully saturated rings. The number of hydrogen-bond donors (Lipinski definition) is 0. The molecule has 2 heterocycles. The molecule has 0 atom stereocenters. The van der Waals surface area contributed by atoms with Crippen molar-refractivity contribution < 1.29 is 13.7 Å². The van der Waals surface area contributed by atoms with Gasteiger partial charge in [-0.25, -0.2) is 4.39 Å². The van der Waals surface area contributed by atoms with Crippen LogP contribution in [0.2, 0.25) is 0 Å². The fourth-order valence-electron chi connectivity index (χ4n) is 2.67. The number of amides is 1. The molecule has 0 spiro atoms. The maximum Gasteiger partial charge on any atom is 0.297 e. The van der Waals surface area contributed by atoms with E-state index in [4.69, 9.17) is 4.52 Å². The molecule has 0 radical (unpaired) electrons. The fourth-order valence-corrected chi connectivity index (χ4v) is 2.67. The number of aromatic nitrogens is 2. The highest BCUT2D eigenvalue weighted by atomic mass is 19.1. The van der Waals surface area contributed by atoms with E-state index in [9.17, 15) is 9.18 Å². The number of pyridine rings is 1. The lowest BCUT2D eigenvalue weighted by Crippen LogP contribution is -2.30. The van der Waals surface area contributed by atoms with Crippen molar-refractivity contribution in [3.63, 3.8) is 0 Å². The van der Waals surface area contributed by atoms with Crippen LogP contribution in [-0.2, 0) is 6.54 Å². The Kier molecular flexibility index (Phi) is 4.01. The van der Waals surface area contributed by atoms with Gasteiger partial charge in [-0.3, -0.25) is 9.78 Å². The lowest BCUT2D eigenvalue weighted by molar-refractivity contribution is 0.0949. The lowest BCUT2D eigenvalue weighted by atomic mass is 10.2. The smallest absolute Gasteiger partial charge is 0.297 e. The molecule has 1 amide bonds. The Hall–Kier alpha value is -3.02. The van der Waals surface area contributed by atoms with Crippen LogP contribution < -0.4 is 4.90 Å². The molecule has 25 heavy (non-hydrogen) atoms. The molecule has 0 aliphatic heterocycles. The molecule has 2 aromatic heterocycles. The van der Waals surface area contributed by atoms with Gasteiger partial charge in [-0.05, 0) is 48.7 Å². The first-order chi connectivity index (χ1) is 12.2. The molecule has 1 aliphatic rings. The Morgan fingerprint density at radius 3 is 2.72 bits per heavy atom. The average molecular weight is 337 g/mol. The third kappa shape index (κ3) is 3.42. The van der Waals surface area contributed by atoms with E-state index in [0.29, 0.717) is 18.2 Å². The predicted molar refractivity (Wildman–Crippen MR) is 89.6 cm³/mol. The lowest BCUT2D eigenvalue weighted by Gasteiger charge is -2.21. The van der Waals surface area contributed by atoms with Gasteiger partial charge < -0.3 is 9.42 Å². The van der Waals surface area contributed by atoms with Gasteiger partial charge in [-0.15, -0.1) is 0 Å². The van der Waals surface area contributed by atoms with Gasteiger partial charge in [0.2, 0.25) is 5.76 Å².